The van der Waals surface area contributed by atoms with E-state index in [0.29, 0.717) is 6.42 Å². The molecule has 0 aliphatic rings. The van der Waals surface area contributed by atoms with Crippen molar-refractivity contribution in [2.45, 2.75) is 52.1 Å². The molecule has 0 heterocycles. The van der Waals surface area contributed by atoms with Crippen molar-refractivity contribution < 1.29 is 29.4 Å². The SMILES string of the molecule is CC(C)(C)CC(NC(=O)CCC(N)C(=O)O)C(=O)NCC(=O)O. The van der Waals surface area contributed by atoms with Crippen molar-refractivity contribution in [2.24, 2.45) is 11.1 Å². The van der Waals surface area contributed by atoms with Gasteiger partial charge in [0.2, 0.25) is 11.8 Å². The Hall–Kier alpha value is -2.16. The molecule has 0 aliphatic heterocycles. The van der Waals surface area contributed by atoms with Crippen molar-refractivity contribution in [1.29, 1.82) is 0 Å². The Morgan fingerprint density at radius 1 is 1.13 bits per heavy atom. The maximum absolute atomic E-state index is 12.0. The lowest BCUT2D eigenvalue weighted by atomic mass is 9.87. The molecular weight excluding hydrogens is 306 g/mol. The lowest BCUT2D eigenvalue weighted by molar-refractivity contribution is -0.139. The minimum Gasteiger partial charge on any atom is -0.480 e. The zero-order valence-corrected chi connectivity index (χ0v) is 13.6. The number of carbonyl (C=O) groups excluding carboxylic acids is 2. The van der Waals surface area contributed by atoms with Crippen LogP contribution in [0.25, 0.3) is 0 Å². The second-order valence-electron chi connectivity index (χ2n) is 6.48. The second kappa shape index (κ2) is 9.09. The average molecular weight is 331 g/mol. The van der Waals surface area contributed by atoms with Crippen LogP contribution in [0.15, 0.2) is 0 Å². The molecule has 0 aromatic rings. The molecule has 0 fully saturated rings. The molecule has 2 atom stereocenters. The first-order chi connectivity index (χ1) is 10.4. The molecular formula is C14H25N3O6. The summed E-state index contributed by atoms with van der Waals surface area (Å²) in [6, 6.07) is -2.05. The summed E-state index contributed by atoms with van der Waals surface area (Å²) < 4.78 is 0. The first-order valence-electron chi connectivity index (χ1n) is 7.19. The molecule has 0 rings (SSSR count). The van der Waals surface area contributed by atoms with Gasteiger partial charge < -0.3 is 26.6 Å². The Morgan fingerprint density at radius 2 is 1.70 bits per heavy atom. The van der Waals surface area contributed by atoms with Gasteiger partial charge in [0.25, 0.3) is 0 Å². The summed E-state index contributed by atoms with van der Waals surface area (Å²) in [5.74, 6) is -3.51. The standard InChI is InChI=1S/C14H25N3O6/c1-14(2,3)6-9(12(21)16-7-11(19)20)17-10(18)5-4-8(15)13(22)23/h8-9H,4-7,15H2,1-3H3,(H,16,21)(H,17,18)(H,19,20)(H,22,23). The maximum atomic E-state index is 12.0. The number of aliphatic carboxylic acids is 2. The van der Waals surface area contributed by atoms with Gasteiger partial charge >= 0.3 is 11.9 Å². The van der Waals surface area contributed by atoms with Gasteiger partial charge in [-0.2, -0.15) is 0 Å². The van der Waals surface area contributed by atoms with Crippen LogP contribution in [0.3, 0.4) is 0 Å². The molecule has 2 unspecified atom stereocenters. The number of hydrogen-bond acceptors (Lipinski definition) is 5. The van der Waals surface area contributed by atoms with Gasteiger partial charge in [0.1, 0.15) is 18.6 Å². The van der Waals surface area contributed by atoms with Crippen LogP contribution in [0.5, 0.6) is 0 Å². The van der Waals surface area contributed by atoms with Gasteiger partial charge in [-0.15, -0.1) is 0 Å². The maximum Gasteiger partial charge on any atom is 0.322 e. The van der Waals surface area contributed by atoms with Crippen LogP contribution in [0.1, 0.15) is 40.0 Å². The van der Waals surface area contributed by atoms with Gasteiger partial charge in [0, 0.05) is 6.42 Å². The molecule has 2 amide bonds. The van der Waals surface area contributed by atoms with E-state index < -0.39 is 42.4 Å². The third-order valence-electron chi connectivity index (χ3n) is 2.88. The average Bonchev–Trinajstić information content (AvgIpc) is 2.39. The number of rotatable bonds is 9. The van der Waals surface area contributed by atoms with Crippen molar-refractivity contribution in [3.05, 3.63) is 0 Å². The predicted octanol–water partition coefficient (Wildman–Crippen LogP) is -0.700. The van der Waals surface area contributed by atoms with Crippen molar-refractivity contribution in [2.75, 3.05) is 6.54 Å². The van der Waals surface area contributed by atoms with Gasteiger partial charge in [-0.1, -0.05) is 20.8 Å². The molecule has 9 heteroatoms. The summed E-state index contributed by atoms with van der Waals surface area (Å²) in [5.41, 5.74) is 5.03. The van der Waals surface area contributed by atoms with Crippen LogP contribution in [0, 0.1) is 5.41 Å². The number of carboxylic acid groups (broad SMARTS) is 2. The Morgan fingerprint density at radius 3 is 2.13 bits per heavy atom. The number of amides is 2. The smallest absolute Gasteiger partial charge is 0.322 e. The van der Waals surface area contributed by atoms with Crippen LogP contribution < -0.4 is 16.4 Å². The Labute approximate surface area is 134 Å². The van der Waals surface area contributed by atoms with Crippen molar-refractivity contribution >= 4 is 23.8 Å². The summed E-state index contributed by atoms with van der Waals surface area (Å²) >= 11 is 0. The summed E-state index contributed by atoms with van der Waals surface area (Å²) in [6.07, 6.45) is 0.107. The minimum absolute atomic E-state index is 0.0554. The lowest BCUT2D eigenvalue weighted by Gasteiger charge is -2.26. The monoisotopic (exact) mass is 331 g/mol. The second-order valence-corrected chi connectivity index (χ2v) is 6.48. The van der Waals surface area contributed by atoms with E-state index in [9.17, 15) is 19.2 Å². The molecule has 9 nitrogen and oxygen atoms in total. The van der Waals surface area contributed by atoms with Crippen LogP contribution in [-0.4, -0.2) is 52.6 Å². The van der Waals surface area contributed by atoms with E-state index in [0.717, 1.165) is 0 Å². The summed E-state index contributed by atoms with van der Waals surface area (Å²) in [6.45, 7) is 5.07. The highest BCUT2D eigenvalue weighted by Crippen LogP contribution is 2.21. The Balaban J connectivity index is 4.68. The van der Waals surface area contributed by atoms with Crippen LogP contribution >= 0.6 is 0 Å². The highest BCUT2D eigenvalue weighted by Gasteiger charge is 2.27. The van der Waals surface area contributed by atoms with E-state index in [2.05, 4.69) is 10.6 Å². The zero-order chi connectivity index (χ0) is 18.2. The van der Waals surface area contributed by atoms with E-state index >= 15 is 0 Å². The van der Waals surface area contributed by atoms with Crippen LogP contribution in [0.4, 0.5) is 0 Å². The van der Waals surface area contributed by atoms with Gasteiger partial charge in [-0.05, 0) is 18.3 Å². The van der Waals surface area contributed by atoms with Crippen molar-refractivity contribution in [1.82, 2.24) is 10.6 Å². The van der Waals surface area contributed by atoms with E-state index in [1.807, 2.05) is 20.8 Å². The molecule has 0 saturated carbocycles. The van der Waals surface area contributed by atoms with Gasteiger partial charge in [0.15, 0.2) is 0 Å². The lowest BCUT2D eigenvalue weighted by Crippen LogP contribution is -2.49. The highest BCUT2D eigenvalue weighted by molar-refractivity contribution is 5.89. The molecule has 0 radical (unpaired) electrons. The number of nitrogens with two attached hydrogens (primary N) is 1. The number of nitrogens with one attached hydrogen (secondary N) is 2. The largest absolute Gasteiger partial charge is 0.480 e. The van der Waals surface area contributed by atoms with Gasteiger partial charge in [-0.3, -0.25) is 19.2 Å². The normalized spacial score (nSPS) is 13.7. The quantitative estimate of drug-likeness (QED) is 0.373. The van der Waals surface area contributed by atoms with E-state index in [1.54, 1.807) is 0 Å². The summed E-state index contributed by atoms with van der Waals surface area (Å²) in [5, 5.41) is 22.0. The molecule has 0 aromatic carbocycles. The molecule has 0 aliphatic carbocycles. The predicted molar refractivity (Wildman–Crippen MR) is 81.5 cm³/mol. The molecule has 0 saturated heterocycles. The first-order valence-corrected chi connectivity index (χ1v) is 7.19. The summed E-state index contributed by atoms with van der Waals surface area (Å²) in [4.78, 5) is 45.0. The van der Waals surface area contributed by atoms with Crippen molar-refractivity contribution in [3.63, 3.8) is 0 Å². The number of hydrogen-bond donors (Lipinski definition) is 5. The van der Waals surface area contributed by atoms with E-state index in [4.69, 9.17) is 15.9 Å². The van der Waals surface area contributed by atoms with Crippen LogP contribution in [-0.2, 0) is 19.2 Å². The highest BCUT2D eigenvalue weighted by atomic mass is 16.4. The Bertz CT molecular complexity index is 458. The fourth-order valence-corrected chi connectivity index (χ4v) is 1.78. The van der Waals surface area contributed by atoms with E-state index in [-0.39, 0.29) is 18.3 Å². The Kier molecular flexibility index (Phi) is 8.23. The minimum atomic E-state index is -1.21. The topological polar surface area (TPSA) is 159 Å². The summed E-state index contributed by atoms with van der Waals surface area (Å²) in [7, 11) is 0. The number of carbonyl (C=O) groups is 4. The molecule has 23 heavy (non-hydrogen) atoms. The first kappa shape index (κ1) is 20.8. The third kappa shape index (κ3) is 10.2. The molecule has 0 spiro atoms. The zero-order valence-electron chi connectivity index (χ0n) is 13.6. The number of carboxylic acids is 2. The fourth-order valence-electron chi connectivity index (χ4n) is 1.78. The van der Waals surface area contributed by atoms with Crippen molar-refractivity contribution in [3.8, 4) is 0 Å². The van der Waals surface area contributed by atoms with Gasteiger partial charge in [-0.25, -0.2) is 0 Å². The van der Waals surface area contributed by atoms with E-state index in [1.165, 1.54) is 0 Å². The molecule has 132 valence electrons. The fraction of sp³-hybridized carbons (Fsp3) is 0.714. The van der Waals surface area contributed by atoms with Crippen LogP contribution in [0.2, 0.25) is 0 Å². The molecule has 0 bridgehead atoms. The molecule has 6 N–H and O–H groups in total. The van der Waals surface area contributed by atoms with Gasteiger partial charge in [0.05, 0.1) is 0 Å². The third-order valence-corrected chi connectivity index (χ3v) is 2.88. The molecule has 0 aromatic heterocycles.